The van der Waals surface area contributed by atoms with Crippen molar-refractivity contribution in [3.8, 4) is 11.1 Å². The molecule has 0 amide bonds. The molecular formula is C12H9N3S. The molecule has 2 aromatic heterocycles. The normalized spacial score (nSPS) is 10.8. The van der Waals surface area contributed by atoms with Gasteiger partial charge in [0, 0.05) is 11.8 Å². The minimum absolute atomic E-state index is 0.584. The van der Waals surface area contributed by atoms with Gasteiger partial charge in [0.1, 0.15) is 5.52 Å². The number of nitrogens with two attached hydrogens (primary N) is 1. The van der Waals surface area contributed by atoms with Crippen molar-refractivity contribution in [2.45, 2.75) is 0 Å². The van der Waals surface area contributed by atoms with Gasteiger partial charge in [-0.25, -0.2) is 4.98 Å². The summed E-state index contributed by atoms with van der Waals surface area (Å²) in [6.07, 6.45) is 3.60. The number of nitrogens with zero attached hydrogens (tertiary/aromatic N) is 2. The molecule has 2 heterocycles. The molecule has 0 unspecified atom stereocenters. The Bertz CT molecular complexity index is 631. The van der Waals surface area contributed by atoms with E-state index in [0.29, 0.717) is 5.13 Å². The molecule has 16 heavy (non-hydrogen) atoms. The summed E-state index contributed by atoms with van der Waals surface area (Å²) in [6.45, 7) is 0. The molecule has 0 saturated heterocycles. The monoisotopic (exact) mass is 227 g/mol. The second kappa shape index (κ2) is 3.57. The highest BCUT2D eigenvalue weighted by Crippen LogP contribution is 2.32. The van der Waals surface area contributed by atoms with Crippen LogP contribution in [0.15, 0.2) is 42.7 Å². The van der Waals surface area contributed by atoms with Gasteiger partial charge in [-0.05, 0) is 5.56 Å². The molecule has 0 saturated carbocycles. The summed E-state index contributed by atoms with van der Waals surface area (Å²) < 4.78 is 1.10. The quantitative estimate of drug-likeness (QED) is 0.695. The molecule has 0 spiro atoms. The van der Waals surface area contributed by atoms with E-state index in [0.717, 1.165) is 21.3 Å². The summed E-state index contributed by atoms with van der Waals surface area (Å²) in [5, 5.41) is 0.584. The highest BCUT2D eigenvalue weighted by molar-refractivity contribution is 7.22. The Morgan fingerprint density at radius 1 is 1.06 bits per heavy atom. The predicted octanol–water partition coefficient (Wildman–Crippen LogP) is 2.94. The van der Waals surface area contributed by atoms with Crippen molar-refractivity contribution in [3.63, 3.8) is 0 Å². The average Bonchev–Trinajstić information content (AvgIpc) is 2.70. The summed E-state index contributed by atoms with van der Waals surface area (Å²) >= 11 is 1.50. The van der Waals surface area contributed by atoms with Crippen LogP contribution < -0.4 is 5.73 Å². The van der Waals surface area contributed by atoms with Crippen molar-refractivity contribution in [1.29, 1.82) is 0 Å². The van der Waals surface area contributed by atoms with Gasteiger partial charge in [0.25, 0.3) is 0 Å². The molecule has 4 heteroatoms. The van der Waals surface area contributed by atoms with E-state index < -0.39 is 0 Å². The van der Waals surface area contributed by atoms with Gasteiger partial charge in [0.05, 0.1) is 10.9 Å². The Hall–Kier alpha value is -1.94. The molecule has 0 bridgehead atoms. The molecule has 2 N–H and O–H groups in total. The maximum Gasteiger partial charge on any atom is 0.181 e. The molecule has 78 valence electrons. The molecule has 0 aliphatic carbocycles. The zero-order valence-corrected chi connectivity index (χ0v) is 9.24. The van der Waals surface area contributed by atoms with Crippen LogP contribution in [0.3, 0.4) is 0 Å². The molecule has 0 radical (unpaired) electrons. The maximum atomic E-state index is 5.72. The lowest BCUT2D eigenvalue weighted by atomic mass is 10.1. The van der Waals surface area contributed by atoms with Crippen molar-refractivity contribution in [1.82, 2.24) is 9.97 Å². The molecule has 3 nitrogen and oxygen atoms in total. The highest BCUT2D eigenvalue weighted by Gasteiger charge is 2.08. The van der Waals surface area contributed by atoms with Crippen molar-refractivity contribution >= 4 is 26.7 Å². The summed E-state index contributed by atoms with van der Waals surface area (Å²) in [4.78, 5) is 8.42. The van der Waals surface area contributed by atoms with Gasteiger partial charge in [-0.1, -0.05) is 41.7 Å². The molecule has 0 fully saturated rings. The lowest BCUT2D eigenvalue weighted by Crippen LogP contribution is -1.81. The minimum atomic E-state index is 0.584. The Morgan fingerprint density at radius 3 is 2.69 bits per heavy atom. The van der Waals surface area contributed by atoms with E-state index in [9.17, 15) is 0 Å². The number of thiazole rings is 1. The molecule has 3 aromatic rings. The zero-order chi connectivity index (χ0) is 11.0. The van der Waals surface area contributed by atoms with Gasteiger partial charge in [0.15, 0.2) is 5.13 Å². The second-order valence-electron chi connectivity index (χ2n) is 3.45. The summed E-state index contributed by atoms with van der Waals surface area (Å²) in [7, 11) is 0. The van der Waals surface area contributed by atoms with Gasteiger partial charge in [0.2, 0.25) is 0 Å². The van der Waals surface area contributed by atoms with E-state index in [1.165, 1.54) is 11.3 Å². The minimum Gasteiger partial charge on any atom is -0.375 e. The summed E-state index contributed by atoms with van der Waals surface area (Å²) in [5.41, 5.74) is 8.81. The van der Waals surface area contributed by atoms with Crippen molar-refractivity contribution < 1.29 is 0 Å². The first-order valence-corrected chi connectivity index (χ1v) is 5.72. The highest BCUT2D eigenvalue weighted by atomic mass is 32.1. The number of benzene rings is 1. The van der Waals surface area contributed by atoms with E-state index in [1.54, 1.807) is 6.20 Å². The number of nitrogen functional groups attached to an aromatic ring is 1. The third-order valence-corrected chi connectivity index (χ3v) is 3.33. The first kappa shape index (κ1) is 9.30. The average molecular weight is 227 g/mol. The molecule has 0 aliphatic rings. The van der Waals surface area contributed by atoms with Gasteiger partial charge in [-0.15, -0.1) is 0 Å². The van der Waals surface area contributed by atoms with Gasteiger partial charge >= 0.3 is 0 Å². The lowest BCUT2D eigenvalue weighted by Gasteiger charge is -2.00. The Morgan fingerprint density at radius 2 is 1.88 bits per heavy atom. The number of anilines is 1. The lowest BCUT2D eigenvalue weighted by molar-refractivity contribution is 1.34. The van der Waals surface area contributed by atoms with E-state index in [-0.39, 0.29) is 0 Å². The smallest absolute Gasteiger partial charge is 0.181 e. The van der Waals surface area contributed by atoms with Crippen LogP contribution in [0, 0.1) is 0 Å². The molecule has 0 atom stereocenters. The van der Waals surface area contributed by atoms with Crippen LogP contribution in [0.2, 0.25) is 0 Å². The van der Waals surface area contributed by atoms with Gasteiger partial charge < -0.3 is 5.73 Å². The van der Waals surface area contributed by atoms with E-state index in [1.807, 2.05) is 24.4 Å². The standard InChI is InChI=1S/C12H9N3S/c13-12-15-10-7-14-6-9(11(10)16-12)8-4-2-1-3-5-8/h1-7H,(H2,13,15). The topological polar surface area (TPSA) is 51.8 Å². The van der Waals surface area contributed by atoms with Crippen LogP contribution in [0.25, 0.3) is 21.3 Å². The third-order valence-electron chi connectivity index (χ3n) is 2.40. The van der Waals surface area contributed by atoms with Crippen LogP contribution in [-0.4, -0.2) is 9.97 Å². The third kappa shape index (κ3) is 1.44. The van der Waals surface area contributed by atoms with Gasteiger partial charge in [-0.3, -0.25) is 4.98 Å². The fourth-order valence-corrected chi connectivity index (χ4v) is 2.53. The molecule has 1 aromatic carbocycles. The fraction of sp³-hybridized carbons (Fsp3) is 0. The first-order valence-electron chi connectivity index (χ1n) is 4.90. The number of aromatic nitrogens is 2. The predicted molar refractivity (Wildman–Crippen MR) is 67.3 cm³/mol. The van der Waals surface area contributed by atoms with Crippen molar-refractivity contribution in [2.75, 3.05) is 5.73 Å². The Kier molecular flexibility index (Phi) is 2.08. The molecular weight excluding hydrogens is 218 g/mol. The summed E-state index contributed by atoms with van der Waals surface area (Å²) in [5.74, 6) is 0. The van der Waals surface area contributed by atoms with E-state index in [4.69, 9.17) is 5.73 Å². The van der Waals surface area contributed by atoms with E-state index >= 15 is 0 Å². The number of fused-ring (bicyclic) bond motifs is 1. The van der Waals surface area contributed by atoms with Crippen LogP contribution in [0.4, 0.5) is 5.13 Å². The van der Waals surface area contributed by atoms with Crippen molar-refractivity contribution in [2.24, 2.45) is 0 Å². The van der Waals surface area contributed by atoms with E-state index in [2.05, 4.69) is 22.1 Å². The van der Waals surface area contributed by atoms with Crippen LogP contribution in [0.5, 0.6) is 0 Å². The zero-order valence-electron chi connectivity index (χ0n) is 8.42. The van der Waals surface area contributed by atoms with Crippen LogP contribution in [0.1, 0.15) is 0 Å². The number of hydrogen-bond donors (Lipinski definition) is 1. The van der Waals surface area contributed by atoms with Crippen molar-refractivity contribution in [3.05, 3.63) is 42.7 Å². The number of rotatable bonds is 1. The maximum absolute atomic E-state index is 5.72. The summed E-state index contributed by atoms with van der Waals surface area (Å²) in [6, 6.07) is 10.1. The van der Waals surface area contributed by atoms with Crippen LogP contribution >= 0.6 is 11.3 Å². The molecule has 0 aliphatic heterocycles. The largest absolute Gasteiger partial charge is 0.375 e. The number of pyridine rings is 1. The SMILES string of the molecule is Nc1nc2cncc(-c3ccccc3)c2s1. The van der Waals surface area contributed by atoms with Crippen LogP contribution in [-0.2, 0) is 0 Å². The number of hydrogen-bond acceptors (Lipinski definition) is 4. The second-order valence-corrected chi connectivity index (χ2v) is 4.48. The Balaban J connectivity index is 2.31. The Labute approximate surface area is 96.6 Å². The van der Waals surface area contributed by atoms with Gasteiger partial charge in [-0.2, -0.15) is 0 Å². The molecule has 3 rings (SSSR count). The fourth-order valence-electron chi connectivity index (χ4n) is 1.69. The first-order chi connectivity index (χ1) is 7.84.